The second kappa shape index (κ2) is 6.31. The summed E-state index contributed by atoms with van der Waals surface area (Å²) < 4.78 is 5.44. The Kier molecular flexibility index (Phi) is 4.91. The number of nitrogens with zero attached hydrogens (tertiary/aromatic N) is 1. The first-order valence-electron chi connectivity index (χ1n) is 7.70. The van der Waals surface area contributed by atoms with Crippen LogP contribution >= 0.6 is 0 Å². The minimum absolute atomic E-state index is 0.161. The number of aliphatic hydroxyl groups excluding tert-OH is 1. The third kappa shape index (κ3) is 3.85. The van der Waals surface area contributed by atoms with Crippen LogP contribution in [0.2, 0.25) is 0 Å². The number of carbonyl (C=O) groups excluding carboxylic acids is 1. The minimum Gasteiger partial charge on any atom is -0.444 e. The molecule has 0 bridgehead atoms. The van der Waals surface area contributed by atoms with Crippen molar-refractivity contribution >= 4 is 6.09 Å². The summed E-state index contributed by atoms with van der Waals surface area (Å²) in [5, 5.41) is 13.0. The molecule has 0 aromatic heterocycles. The highest BCUT2D eigenvalue weighted by molar-refractivity contribution is 5.68. The fourth-order valence-corrected chi connectivity index (χ4v) is 3.37. The normalized spacial score (nSPS) is 28.7. The molecule has 2 saturated heterocycles. The molecule has 0 saturated carbocycles. The molecule has 5 nitrogen and oxygen atoms in total. The number of aliphatic hydroxyl groups is 1. The Labute approximate surface area is 121 Å². The van der Waals surface area contributed by atoms with Crippen LogP contribution < -0.4 is 5.32 Å². The highest BCUT2D eigenvalue weighted by Gasteiger charge is 2.40. The van der Waals surface area contributed by atoms with Crippen LogP contribution in [0.15, 0.2) is 0 Å². The van der Waals surface area contributed by atoms with Gasteiger partial charge in [0.15, 0.2) is 0 Å². The molecule has 2 fully saturated rings. The Bertz CT molecular complexity index is 335. The van der Waals surface area contributed by atoms with Gasteiger partial charge < -0.3 is 20.1 Å². The third-order valence-electron chi connectivity index (χ3n) is 4.37. The van der Waals surface area contributed by atoms with Crippen molar-refractivity contribution in [2.45, 2.75) is 39.2 Å². The van der Waals surface area contributed by atoms with Gasteiger partial charge in [0, 0.05) is 25.6 Å². The average molecular weight is 284 g/mol. The molecule has 0 aromatic rings. The zero-order valence-electron chi connectivity index (χ0n) is 12.9. The number of piperidine rings is 1. The van der Waals surface area contributed by atoms with Gasteiger partial charge in [0.25, 0.3) is 0 Å². The fraction of sp³-hybridized carbons (Fsp3) is 0.933. The molecule has 2 rings (SSSR count). The van der Waals surface area contributed by atoms with E-state index in [-0.39, 0.29) is 18.6 Å². The zero-order valence-corrected chi connectivity index (χ0v) is 12.9. The number of carbonyl (C=O) groups is 1. The Morgan fingerprint density at radius 1 is 1.30 bits per heavy atom. The van der Waals surface area contributed by atoms with Gasteiger partial charge in [0.05, 0.1) is 0 Å². The molecular formula is C15H28N2O3. The first-order valence-corrected chi connectivity index (χ1v) is 7.70. The largest absolute Gasteiger partial charge is 0.444 e. The van der Waals surface area contributed by atoms with Gasteiger partial charge in [-0.15, -0.1) is 0 Å². The second-order valence-corrected chi connectivity index (χ2v) is 7.08. The molecular weight excluding hydrogens is 256 g/mol. The van der Waals surface area contributed by atoms with Crippen LogP contribution in [0.5, 0.6) is 0 Å². The van der Waals surface area contributed by atoms with Gasteiger partial charge in [-0.2, -0.15) is 0 Å². The maximum Gasteiger partial charge on any atom is 0.410 e. The van der Waals surface area contributed by atoms with E-state index in [1.807, 2.05) is 20.8 Å². The fourth-order valence-electron chi connectivity index (χ4n) is 3.37. The van der Waals surface area contributed by atoms with E-state index in [4.69, 9.17) is 4.74 Å². The van der Waals surface area contributed by atoms with Gasteiger partial charge in [-0.05, 0) is 58.5 Å². The van der Waals surface area contributed by atoms with Gasteiger partial charge in [-0.25, -0.2) is 4.79 Å². The molecule has 1 amide bonds. The molecule has 2 aliphatic heterocycles. The number of hydrogen-bond acceptors (Lipinski definition) is 4. The highest BCUT2D eigenvalue weighted by Crippen LogP contribution is 2.34. The lowest BCUT2D eigenvalue weighted by Gasteiger charge is -2.30. The molecule has 0 radical (unpaired) electrons. The summed E-state index contributed by atoms with van der Waals surface area (Å²) >= 11 is 0. The Morgan fingerprint density at radius 2 is 1.95 bits per heavy atom. The van der Waals surface area contributed by atoms with E-state index in [1.165, 1.54) is 0 Å². The van der Waals surface area contributed by atoms with E-state index in [0.29, 0.717) is 18.4 Å². The van der Waals surface area contributed by atoms with Crippen LogP contribution in [0.1, 0.15) is 33.6 Å². The van der Waals surface area contributed by atoms with Gasteiger partial charge in [0.2, 0.25) is 0 Å². The second-order valence-electron chi connectivity index (χ2n) is 7.08. The van der Waals surface area contributed by atoms with Crippen LogP contribution in [-0.4, -0.2) is 54.5 Å². The number of amides is 1. The van der Waals surface area contributed by atoms with Crippen LogP contribution in [0.25, 0.3) is 0 Å². The van der Waals surface area contributed by atoms with E-state index in [9.17, 15) is 9.90 Å². The lowest BCUT2D eigenvalue weighted by atomic mass is 9.79. The lowest BCUT2D eigenvalue weighted by Crippen LogP contribution is -2.37. The minimum atomic E-state index is -0.460. The van der Waals surface area contributed by atoms with Crippen molar-refractivity contribution in [3.8, 4) is 0 Å². The molecule has 2 aliphatic rings. The maximum atomic E-state index is 12.2. The summed E-state index contributed by atoms with van der Waals surface area (Å²) in [6.45, 7) is 9.26. The van der Waals surface area contributed by atoms with Crippen molar-refractivity contribution in [1.82, 2.24) is 10.2 Å². The summed E-state index contributed by atoms with van der Waals surface area (Å²) in [6.07, 6.45) is 2.04. The quantitative estimate of drug-likeness (QED) is 0.806. The van der Waals surface area contributed by atoms with Gasteiger partial charge in [-0.3, -0.25) is 0 Å². The van der Waals surface area contributed by atoms with E-state index < -0.39 is 5.60 Å². The molecule has 5 heteroatoms. The molecule has 116 valence electrons. The topological polar surface area (TPSA) is 61.8 Å². The highest BCUT2D eigenvalue weighted by atomic mass is 16.6. The van der Waals surface area contributed by atoms with Crippen LogP contribution in [-0.2, 0) is 4.74 Å². The maximum absolute atomic E-state index is 12.2. The summed E-state index contributed by atoms with van der Waals surface area (Å²) in [5.74, 6) is 1.22. The van der Waals surface area contributed by atoms with Crippen molar-refractivity contribution in [3.05, 3.63) is 0 Å². The smallest absolute Gasteiger partial charge is 0.410 e. The Hall–Kier alpha value is -0.810. The van der Waals surface area contributed by atoms with Gasteiger partial charge >= 0.3 is 6.09 Å². The molecule has 2 unspecified atom stereocenters. The Morgan fingerprint density at radius 3 is 2.50 bits per heavy atom. The number of likely N-dealkylation sites (tertiary alicyclic amines) is 1. The Balaban J connectivity index is 1.96. The van der Waals surface area contributed by atoms with Crippen LogP contribution in [0, 0.1) is 17.8 Å². The number of ether oxygens (including phenoxy) is 1. The molecule has 2 atom stereocenters. The average Bonchev–Trinajstić information content (AvgIpc) is 2.82. The summed E-state index contributed by atoms with van der Waals surface area (Å²) in [6, 6.07) is 0. The van der Waals surface area contributed by atoms with Crippen LogP contribution in [0.4, 0.5) is 4.79 Å². The molecule has 2 heterocycles. The summed E-state index contributed by atoms with van der Waals surface area (Å²) in [5.41, 5.74) is -0.460. The van der Waals surface area contributed by atoms with Crippen molar-refractivity contribution in [2.75, 3.05) is 32.8 Å². The van der Waals surface area contributed by atoms with Gasteiger partial charge in [0.1, 0.15) is 5.60 Å². The third-order valence-corrected chi connectivity index (χ3v) is 4.37. The first kappa shape index (κ1) is 15.6. The summed E-state index contributed by atoms with van der Waals surface area (Å²) in [7, 11) is 0. The predicted molar refractivity (Wildman–Crippen MR) is 77.5 cm³/mol. The van der Waals surface area contributed by atoms with E-state index in [2.05, 4.69) is 5.32 Å². The van der Waals surface area contributed by atoms with Gasteiger partial charge in [-0.1, -0.05) is 0 Å². The van der Waals surface area contributed by atoms with Crippen molar-refractivity contribution in [3.63, 3.8) is 0 Å². The number of rotatable bonds is 2. The molecule has 20 heavy (non-hydrogen) atoms. The number of nitrogens with one attached hydrogen (secondary N) is 1. The SMILES string of the molecule is CC(C)(C)OC(=O)N1CC(CO)C(C2CCNCC2)C1. The predicted octanol–water partition coefficient (Wildman–Crippen LogP) is 1.46. The number of hydrogen-bond donors (Lipinski definition) is 2. The first-order chi connectivity index (χ1) is 9.40. The standard InChI is InChI=1S/C15H28N2O3/c1-15(2,3)20-14(19)17-8-12(10-18)13(9-17)11-4-6-16-7-5-11/h11-13,16,18H,4-10H2,1-3H3. The molecule has 2 N–H and O–H groups in total. The van der Waals surface area contributed by atoms with Crippen LogP contribution in [0.3, 0.4) is 0 Å². The van der Waals surface area contributed by atoms with Crippen molar-refractivity contribution < 1.29 is 14.6 Å². The molecule has 0 aliphatic carbocycles. The zero-order chi connectivity index (χ0) is 14.8. The van der Waals surface area contributed by atoms with E-state index in [1.54, 1.807) is 4.90 Å². The monoisotopic (exact) mass is 284 g/mol. The van der Waals surface area contributed by atoms with Crippen molar-refractivity contribution in [1.29, 1.82) is 0 Å². The van der Waals surface area contributed by atoms with E-state index in [0.717, 1.165) is 32.5 Å². The molecule has 0 aromatic carbocycles. The van der Waals surface area contributed by atoms with Crippen molar-refractivity contribution in [2.24, 2.45) is 17.8 Å². The van der Waals surface area contributed by atoms with E-state index >= 15 is 0 Å². The summed E-state index contributed by atoms with van der Waals surface area (Å²) in [4.78, 5) is 13.9. The lowest BCUT2D eigenvalue weighted by molar-refractivity contribution is 0.0278. The molecule has 0 spiro atoms.